The number of nitrogens with one attached hydrogen (secondary N) is 1. The third-order valence-corrected chi connectivity index (χ3v) is 2.81. The van der Waals surface area contributed by atoms with Gasteiger partial charge in [-0.3, -0.25) is 9.78 Å². The normalized spacial score (nSPS) is 10.5. The molecule has 0 radical (unpaired) electrons. The average Bonchev–Trinajstić information content (AvgIpc) is 2.99. The number of aryl methyl sites for hydroxylation is 1. The van der Waals surface area contributed by atoms with Crippen molar-refractivity contribution in [2.45, 2.75) is 19.3 Å². The van der Waals surface area contributed by atoms with Crippen molar-refractivity contribution in [1.82, 2.24) is 20.5 Å². The number of pyridine rings is 1. The molecule has 2 aromatic heterocycles. The van der Waals surface area contributed by atoms with Crippen molar-refractivity contribution in [3.63, 3.8) is 0 Å². The molecule has 0 saturated heterocycles. The molecular formula is C14H18N4O3. The molecule has 2 aromatic rings. The van der Waals surface area contributed by atoms with Crippen LogP contribution in [0.1, 0.15) is 18.7 Å². The molecule has 21 heavy (non-hydrogen) atoms. The molecule has 0 bridgehead atoms. The molecular weight excluding hydrogens is 272 g/mol. The molecule has 1 N–H and O–H groups in total. The lowest BCUT2D eigenvalue weighted by atomic mass is 10.3. The van der Waals surface area contributed by atoms with E-state index in [0.717, 1.165) is 12.0 Å². The molecule has 0 aliphatic carbocycles. The standard InChI is InChI=1S/C14H18N4O3/c1-20-10-2-7-16-12(19)3-4-13-17-18-14(21-13)11-5-8-15-9-6-11/h5-6,8-9H,2-4,7,10H2,1H3,(H,16,19). The number of amides is 1. The number of ether oxygens (including phenoxy) is 1. The highest BCUT2D eigenvalue weighted by molar-refractivity contribution is 5.75. The molecule has 7 heteroatoms. The topological polar surface area (TPSA) is 90.1 Å². The van der Waals surface area contributed by atoms with Crippen LogP contribution in [-0.2, 0) is 16.0 Å². The second kappa shape index (κ2) is 8.11. The minimum Gasteiger partial charge on any atom is -0.421 e. The fourth-order valence-electron chi connectivity index (χ4n) is 1.72. The second-order valence-electron chi connectivity index (χ2n) is 4.43. The third kappa shape index (κ3) is 4.96. The van der Waals surface area contributed by atoms with Gasteiger partial charge in [0, 0.05) is 51.1 Å². The summed E-state index contributed by atoms with van der Waals surface area (Å²) < 4.78 is 10.4. The molecule has 112 valence electrons. The maximum atomic E-state index is 11.6. The van der Waals surface area contributed by atoms with E-state index in [-0.39, 0.29) is 5.91 Å². The summed E-state index contributed by atoms with van der Waals surface area (Å²) in [7, 11) is 1.64. The monoisotopic (exact) mass is 290 g/mol. The molecule has 0 aliphatic heterocycles. The molecule has 0 aromatic carbocycles. The Morgan fingerprint density at radius 3 is 2.90 bits per heavy atom. The van der Waals surface area contributed by atoms with Gasteiger partial charge in [0.1, 0.15) is 0 Å². The first-order chi connectivity index (χ1) is 10.3. The summed E-state index contributed by atoms with van der Waals surface area (Å²) in [4.78, 5) is 15.5. The Balaban J connectivity index is 1.77. The average molecular weight is 290 g/mol. The fourth-order valence-corrected chi connectivity index (χ4v) is 1.72. The molecule has 0 unspecified atom stereocenters. The Labute approximate surface area is 122 Å². The van der Waals surface area contributed by atoms with E-state index in [2.05, 4.69) is 20.5 Å². The minimum atomic E-state index is -0.0326. The van der Waals surface area contributed by atoms with E-state index in [1.54, 1.807) is 31.6 Å². The zero-order chi connectivity index (χ0) is 14.9. The molecule has 0 spiro atoms. The highest BCUT2D eigenvalue weighted by Gasteiger charge is 2.10. The van der Waals surface area contributed by atoms with E-state index in [0.29, 0.717) is 37.8 Å². The van der Waals surface area contributed by atoms with Gasteiger partial charge in [0.2, 0.25) is 17.7 Å². The van der Waals surface area contributed by atoms with E-state index >= 15 is 0 Å². The van der Waals surface area contributed by atoms with Crippen LogP contribution in [0, 0.1) is 0 Å². The maximum absolute atomic E-state index is 11.6. The zero-order valence-corrected chi connectivity index (χ0v) is 11.9. The van der Waals surface area contributed by atoms with Gasteiger partial charge in [-0.2, -0.15) is 0 Å². The van der Waals surface area contributed by atoms with Crippen molar-refractivity contribution in [2.75, 3.05) is 20.3 Å². The van der Waals surface area contributed by atoms with E-state index in [9.17, 15) is 4.79 Å². The van der Waals surface area contributed by atoms with Crippen LogP contribution >= 0.6 is 0 Å². The highest BCUT2D eigenvalue weighted by Crippen LogP contribution is 2.16. The first-order valence-electron chi connectivity index (χ1n) is 6.78. The van der Waals surface area contributed by atoms with Crippen molar-refractivity contribution in [3.05, 3.63) is 30.4 Å². The van der Waals surface area contributed by atoms with Gasteiger partial charge in [0.25, 0.3) is 0 Å². The van der Waals surface area contributed by atoms with Crippen LogP contribution in [0.4, 0.5) is 0 Å². The second-order valence-corrected chi connectivity index (χ2v) is 4.43. The van der Waals surface area contributed by atoms with E-state index in [1.807, 2.05) is 0 Å². The molecule has 0 fully saturated rings. The van der Waals surface area contributed by atoms with Crippen LogP contribution in [0.3, 0.4) is 0 Å². The smallest absolute Gasteiger partial charge is 0.247 e. The Kier molecular flexibility index (Phi) is 5.83. The number of aromatic nitrogens is 3. The summed E-state index contributed by atoms with van der Waals surface area (Å²) in [6.45, 7) is 1.25. The van der Waals surface area contributed by atoms with Crippen molar-refractivity contribution in [1.29, 1.82) is 0 Å². The third-order valence-electron chi connectivity index (χ3n) is 2.81. The van der Waals surface area contributed by atoms with Crippen molar-refractivity contribution in [2.24, 2.45) is 0 Å². The Hall–Kier alpha value is -2.28. The predicted octanol–water partition coefficient (Wildman–Crippen LogP) is 1.22. The van der Waals surface area contributed by atoms with Crippen LogP contribution in [0.15, 0.2) is 28.9 Å². The lowest BCUT2D eigenvalue weighted by molar-refractivity contribution is -0.121. The largest absolute Gasteiger partial charge is 0.421 e. The molecule has 1 amide bonds. The van der Waals surface area contributed by atoms with Gasteiger partial charge < -0.3 is 14.5 Å². The number of hydrogen-bond acceptors (Lipinski definition) is 6. The van der Waals surface area contributed by atoms with Gasteiger partial charge in [0.15, 0.2) is 0 Å². The highest BCUT2D eigenvalue weighted by atomic mass is 16.5. The SMILES string of the molecule is COCCCNC(=O)CCc1nnc(-c2ccncc2)o1. The van der Waals surface area contributed by atoms with Crippen LogP contribution in [0.2, 0.25) is 0 Å². The molecule has 7 nitrogen and oxygen atoms in total. The lowest BCUT2D eigenvalue weighted by Crippen LogP contribution is -2.25. The molecule has 0 atom stereocenters. The quantitative estimate of drug-likeness (QED) is 0.735. The predicted molar refractivity (Wildman–Crippen MR) is 75.4 cm³/mol. The van der Waals surface area contributed by atoms with Crippen LogP contribution in [0.25, 0.3) is 11.5 Å². The first kappa shape index (κ1) is 15.1. The number of carbonyl (C=O) groups excluding carboxylic acids is 1. The first-order valence-corrected chi connectivity index (χ1v) is 6.78. The summed E-state index contributed by atoms with van der Waals surface area (Å²) >= 11 is 0. The van der Waals surface area contributed by atoms with E-state index in [1.165, 1.54) is 0 Å². The van der Waals surface area contributed by atoms with E-state index < -0.39 is 0 Å². The lowest BCUT2D eigenvalue weighted by Gasteiger charge is -2.03. The Morgan fingerprint density at radius 1 is 1.33 bits per heavy atom. The van der Waals surface area contributed by atoms with Crippen molar-refractivity contribution >= 4 is 5.91 Å². The van der Waals surface area contributed by atoms with E-state index in [4.69, 9.17) is 9.15 Å². The molecule has 0 aliphatic rings. The van der Waals surface area contributed by atoms with Crippen LogP contribution in [0.5, 0.6) is 0 Å². The van der Waals surface area contributed by atoms with Gasteiger partial charge in [-0.1, -0.05) is 0 Å². The summed E-state index contributed by atoms with van der Waals surface area (Å²) in [5, 5.41) is 10.7. The summed E-state index contributed by atoms with van der Waals surface area (Å²) in [6, 6.07) is 3.58. The summed E-state index contributed by atoms with van der Waals surface area (Å²) in [5.74, 6) is 0.858. The number of rotatable bonds is 8. The number of carbonyl (C=O) groups is 1. The zero-order valence-electron chi connectivity index (χ0n) is 11.9. The molecule has 2 rings (SSSR count). The van der Waals surface area contributed by atoms with Crippen molar-refractivity contribution < 1.29 is 13.9 Å². The number of nitrogens with zero attached hydrogens (tertiary/aromatic N) is 3. The van der Waals surface area contributed by atoms with Crippen molar-refractivity contribution in [3.8, 4) is 11.5 Å². The summed E-state index contributed by atoms with van der Waals surface area (Å²) in [5.41, 5.74) is 0.813. The number of hydrogen-bond donors (Lipinski definition) is 1. The summed E-state index contributed by atoms with van der Waals surface area (Å²) in [6.07, 6.45) is 4.87. The van der Waals surface area contributed by atoms with Gasteiger partial charge in [0.05, 0.1) is 0 Å². The van der Waals surface area contributed by atoms with Gasteiger partial charge in [-0.25, -0.2) is 0 Å². The number of methoxy groups -OCH3 is 1. The molecule has 2 heterocycles. The van der Waals surface area contributed by atoms with Crippen LogP contribution in [-0.4, -0.2) is 41.3 Å². The van der Waals surface area contributed by atoms with Gasteiger partial charge in [-0.15, -0.1) is 10.2 Å². The fraction of sp³-hybridized carbons (Fsp3) is 0.429. The Morgan fingerprint density at radius 2 is 2.14 bits per heavy atom. The van der Waals surface area contributed by atoms with Gasteiger partial charge in [-0.05, 0) is 18.6 Å². The van der Waals surface area contributed by atoms with Gasteiger partial charge >= 0.3 is 0 Å². The molecule has 0 saturated carbocycles. The maximum Gasteiger partial charge on any atom is 0.247 e. The van der Waals surface area contributed by atoms with Crippen LogP contribution < -0.4 is 5.32 Å². The Bertz CT molecular complexity index is 556. The minimum absolute atomic E-state index is 0.0326.